The Kier molecular flexibility index (Phi) is 6.34. The van der Waals surface area contributed by atoms with Gasteiger partial charge in [-0.25, -0.2) is 4.98 Å². The van der Waals surface area contributed by atoms with Gasteiger partial charge in [0.05, 0.1) is 11.0 Å². The van der Waals surface area contributed by atoms with Crippen LogP contribution in [-0.2, 0) is 13.0 Å². The van der Waals surface area contributed by atoms with Gasteiger partial charge in [0.25, 0.3) is 5.91 Å². The van der Waals surface area contributed by atoms with Crippen molar-refractivity contribution in [3.05, 3.63) is 126 Å². The number of fused-ring (bicyclic) bond motifs is 1. The first-order valence-corrected chi connectivity index (χ1v) is 11.3. The highest BCUT2D eigenvalue weighted by Crippen LogP contribution is 2.22. The zero-order valence-electron chi connectivity index (χ0n) is 18.7. The Labute approximate surface area is 198 Å². The summed E-state index contributed by atoms with van der Waals surface area (Å²) in [6.07, 6.45) is 2.58. The standard InChI is InChI=1S/C29H25N3O2/c33-29(30-18-17-22-7-3-1-4-8-22)24-11-16-28-27(19-24)31-21-32(28)25-12-14-26(15-13-25)34-20-23-9-5-2-6-10-23/h1-16,19,21H,17-18,20H2,(H,30,33). The smallest absolute Gasteiger partial charge is 0.251 e. The molecule has 0 bridgehead atoms. The van der Waals surface area contributed by atoms with Crippen molar-refractivity contribution in [2.75, 3.05) is 6.54 Å². The lowest BCUT2D eigenvalue weighted by Crippen LogP contribution is -2.25. The summed E-state index contributed by atoms with van der Waals surface area (Å²) in [4.78, 5) is 17.1. The highest BCUT2D eigenvalue weighted by atomic mass is 16.5. The molecule has 0 aliphatic carbocycles. The SMILES string of the molecule is O=C(NCCc1ccccc1)c1ccc2c(c1)ncn2-c1ccc(OCc2ccccc2)cc1. The van der Waals surface area contributed by atoms with Crippen LogP contribution in [0.15, 0.2) is 109 Å². The fourth-order valence-corrected chi connectivity index (χ4v) is 3.87. The predicted octanol–water partition coefficient (Wildman–Crippen LogP) is 5.58. The number of hydrogen-bond donors (Lipinski definition) is 1. The molecule has 1 amide bonds. The molecule has 0 unspecified atom stereocenters. The number of imidazole rings is 1. The first-order valence-electron chi connectivity index (χ1n) is 11.3. The van der Waals surface area contributed by atoms with E-state index >= 15 is 0 Å². The second-order valence-electron chi connectivity index (χ2n) is 8.08. The van der Waals surface area contributed by atoms with Gasteiger partial charge in [0, 0.05) is 17.8 Å². The maximum Gasteiger partial charge on any atom is 0.251 e. The number of amides is 1. The molecule has 0 fully saturated rings. The van der Waals surface area contributed by atoms with E-state index in [2.05, 4.69) is 22.4 Å². The molecule has 34 heavy (non-hydrogen) atoms. The number of aromatic nitrogens is 2. The molecule has 1 N–H and O–H groups in total. The molecular weight excluding hydrogens is 422 g/mol. The maximum atomic E-state index is 12.6. The molecule has 0 saturated heterocycles. The van der Waals surface area contributed by atoms with E-state index in [4.69, 9.17) is 4.74 Å². The Morgan fingerprint density at radius 2 is 1.53 bits per heavy atom. The number of benzene rings is 4. The third-order valence-corrected chi connectivity index (χ3v) is 5.71. The topological polar surface area (TPSA) is 56.2 Å². The van der Waals surface area contributed by atoms with E-state index in [9.17, 15) is 4.79 Å². The molecule has 168 valence electrons. The Morgan fingerprint density at radius 1 is 0.824 bits per heavy atom. The molecule has 0 spiro atoms. The normalized spacial score (nSPS) is 10.8. The van der Waals surface area contributed by atoms with Gasteiger partial charge in [0.2, 0.25) is 0 Å². The summed E-state index contributed by atoms with van der Waals surface area (Å²) < 4.78 is 7.89. The van der Waals surface area contributed by atoms with E-state index in [-0.39, 0.29) is 5.91 Å². The van der Waals surface area contributed by atoms with Gasteiger partial charge in [-0.1, -0.05) is 60.7 Å². The molecule has 1 aromatic heterocycles. The van der Waals surface area contributed by atoms with Crippen molar-refractivity contribution in [3.8, 4) is 11.4 Å². The van der Waals surface area contributed by atoms with Crippen molar-refractivity contribution in [2.24, 2.45) is 0 Å². The van der Waals surface area contributed by atoms with Crippen LogP contribution >= 0.6 is 0 Å². The van der Waals surface area contributed by atoms with Gasteiger partial charge in [-0.05, 0) is 60.0 Å². The average molecular weight is 448 g/mol. The van der Waals surface area contributed by atoms with Crippen molar-refractivity contribution < 1.29 is 9.53 Å². The average Bonchev–Trinajstić information content (AvgIpc) is 3.32. The number of nitrogens with one attached hydrogen (secondary N) is 1. The molecule has 0 aliphatic rings. The number of carbonyl (C=O) groups is 1. The molecule has 5 heteroatoms. The van der Waals surface area contributed by atoms with E-state index in [1.807, 2.05) is 95.6 Å². The molecule has 5 rings (SSSR count). The van der Waals surface area contributed by atoms with Gasteiger partial charge in [0.1, 0.15) is 18.7 Å². The molecule has 0 radical (unpaired) electrons. The van der Waals surface area contributed by atoms with Crippen LogP contribution in [-0.4, -0.2) is 22.0 Å². The molecule has 0 atom stereocenters. The monoisotopic (exact) mass is 447 g/mol. The van der Waals surface area contributed by atoms with E-state index in [0.717, 1.165) is 34.5 Å². The van der Waals surface area contributed by atoms with Crippen LogP contribution in [0.2, 0.25) is 0 Å². The van der Waals surface area contributed by atoms with Gasteiger partial charge >= 0.3 is 0 Å². The number of rotatable bonds is 8. The fraction of sp³-hybridized carbons (Fsp3) is 0.103. The molecular formula is C29H25N3O2. The van der Waals surface area contributed by atoms with Crippen molar-refractivity contribution in [3.63, 3.8) is 0 Å². The van der Waals surface area contributed by atoms with Crippen LogP contribution in [0.3, 0.4) is 0 Å². The van der Waals surface area contributed by atoms with Crippen molar-refractivity contribution >= 4 is 16.9 Å². The lowest BCUT2D eigenvalue weighted by molar-refractivity contribution is 0.0954. The van der Waals surface area contributed by atoms with Crippen LogP contribution in [0.4, 0.5) is 0 Å². The van der Waals surface area contributed by atoms with Gasteiger partial charge in [-0.3, -0.25) is 9.36 Å². The fourth-order valence-electron chi connectivity index (χ4n) is 3.87. The second-order valence-corrected chi connectivity index (χ2v) is 8.08. The van der Waals surface area contributed by atoms with Gasteiger partial charge in [0.15, 0.2) is 0 Å². The number of carbonyl (C=O) groups excluding carboxylic acids is 1. The number of hydrogen-bond acceptors (Lipinski definition) is 3. The largest absolute Gasteiger partial charge is 0.489 e. The van der Waals surface area contributed by atoms with Crippen LogP contribution in [0.5, 0.6) is 5.75 Å². The lowest BCUT2D eigenvalue weighted by atomic mass is 10.1. The summed E-state index contributed by atoms with van der Waals surface area (Å²) in [6, 6.07) is 33.8. The zero-order chi connectivity index (χ0) is 23.2. The molecule has 4 aromatic carbocycles. The molecule has 5 nitrogen and oxygen atoms in total. The van der Waals surface area contributed by atoms with Crippen LogP contribution < -0.4 is 10.1 Å². The van der Waals surface area contributed by atoms with Crippen LogP contribution in [0.25, 0.3) is 16.7 Å². The highest BCUT2D eigenvalue weighted by Gasteiger charge is 2.10. The van der Waals surface area contributed by atoms with Crippen molar-refractivity contribution in [1.82, 2.24) is 14.9 Å². The number of nitrogens with zero attached hydrogens (tertiary/aromatic N) is 2. The molecule has 0 aliphatic heterocycles. The Hall–Kier alpha value is -4.38. The molecule has 5 aromatic rings. The summed E-state index contributed by atoms with van der Waals surface area (Å²) in [5, 5.41) is 2.99. The first-order chi connectivity index (χ1) is 16.8. The first kappa shape index (κ1) is 21.5. The van der Waals surface area contributed by atoms with E-state index in [0.29, 0.717) is 18.7 Å². The molecule has 1 heterocycles. The minimum absolute atomic E-state index is 0.0905. The Balaban J connectivity index is 1.24. The zero-order valence-corrected chi connectivity index (χ0v) is 18.7. The maximum absolute atomic E-state index is 12.6. The minimum Gasteiger partial charge on any atom is -0.489 e. The summed E-state index contributed by atoms with van der Waals surface area (Å²) in [5.41, 5.74) is 5.64. The van der Waals surface area contributed by atoms with Crippen LogP contribution in [0.1, 0.15) is 21.5 Å². The van der Waals surface area contributed by atoms with Gasteiger partial charge in [-0.2, -0.15) is 0 Å². The Bertz CT molecular complexity index is 1380. The third kappa shape index (κ3) is 4.99. The highest BCUT2D eigenvalue weighted by molar-refractivity contribution is 5.97. The van der Waals surface area contributed by atoms with Gasteiger partial charge in [-0.15, -0.1) is 0 Å². The van der Waals surface area contributed by atoms with Crippen molar-refractivity contribution in [1.29, 1.82) is 0 Å². The van der Waals surface area contributed by atoms with E-state index < -0.39 is 0 Å². The minimum atomic E-state index is -0.0905. The van der Waals surface area contributed by atoms with Crippen LogP contribution in [0, 0.1) is 0 Å². The van der Waals surface area contributed by atoms with Gasteiger partial charge < -0.3 is 10.1 Å². The predicted molar refractivity (Wildman–Crippen MR) is 134 cm³/mol. The Morgan fingerprint density at radius 3 is 2.26 bits per heavy atom. The summed E-state index contributed by atoms with van der Waals surface area (Å²) >= 11 is 0. The quantitative estimate of drug-likeness (QED) is 0.338. The van der Waals surface area contributed by atoms with E-state index in [1.54, 1.807) is 6.33 Å². The summed E-state index contributed by atoms with van der Waals surface area (Å²) in [7, 11) is 0. The molecule has 0 saturated carbocycles. The lowest BCUT2D eigenvalue weighted by Gasteiger charge is -2.09. The van der Waals surface area contributed by atoms with Crippen molar-refractivity contribution in [2.45, 2.75) is 13.0 Å². The second kappa shape index (κ2) is 10.0. The summed E-state index contributed by atoms with van der Waals surface area (Å²) in [5.74, 6) is 0.721. The summed E-state index contributed by atoms with van der Waals surface area (Å²) in [6.45, 7) is 1.12. The number of ether oxygens (including phenoxy) is 1. The third-order valence-electron chi connectivity index (χ3n) is 5.71. The van der Waals surface area contributed by atoms with E-state index in [1.165, 1.54) is 5.56 Å².